The maximum Gasteiger partial charge on any atom is 0.323 e. The first kappa shape index (κ1) is 12.5. The zero-order valence-corrected chi connectivity index (χ0v) is 11.1. The molecule has 1 aliphatic rings. The van der Waals surface area contributed by atoms with E-state index in [1.807, 2.05) is 30.3 Å². The summed E-state index contributed by atoms with van der Waals surface area (Å²) < 4.78 is 5.16. The smallest absolute Gasteiger partial charge is 0.323 e. The van der Waals surface area contributed by atoms with Crippen LogP contribution in [0.4, 0.5) is 0 Å². The minimum Gasteiger partial charge on any atom is -0.460 e. The Morgan fingerprint density at radius 1 is 1.41 bits per heavy atom. The van der Waals surface area contributed by atoms with Gasteiger partial charge in [-0.25, -0.2) is 0 Å². The minimum atomic E-state index is -0.233. The number of carbonyl (C=O) groups is 1. The van der Waals surface area contributed by atoms with Crippen LogP contribution >= 0.6 is 11.8 Å². The van der Waals surface area contributed by atoms with Crippen LogP contribution in [0.25, 0.3) is 0 Å². The molecule has 0 bridgehead atoms. The lowest BCUT2D eigenvalue weighted by molar-refractivity contribution is -0.146. The van der Waals surface area contributed by atoms with Crippen molar-refractivity contribution in [1.82, 2.24) is 0 Å². The summed E-state index contributed by atoms with van der Waals surface area (Å²) in [5.41, 5.74) is 1.05. The standard InChI is InChI=1S/C14H18O2S/c1-11(2)8-14(10-17-14)13(15)16-9-12-6-4-3-5-7-12/h3-7,11H,8-10H2,1-2H3/t14-/m1/s1. The lowest BCUT2D eigenvalue weighted by Gasteiger charge is -2.14. The van der Waals surface area contributed by atoms with Crippen molar-refractivity contribution in [2.45, 2.75) is 31.6 Å². The van der Waals surface area contributed by atoms with E-state index < -0.39 is 0 Å². The molecular formula is C14H18O2S. The van der Waals surface area contributed by atoms with Gasteiger partial charge in [-0.15, -0.1) is 11.8 Å². The second kappa shape index (κ2) is 5.13. The van der Waals surface area contributed by atoms with E-state index in [4.69, 9.17) is 4.74 Å². The first-order chi connectivity index (χ1) is 8.12. The molecule has 1 saturated heterocycles. The number of carbonyl (C=O) groups excluding carboxylic acids is 1. The fourth-order valence-corrected chi connectivity index (χ4v) is 2.96. The van der Waals surface area contributed by atoms with Gasteiger partial charge in [0.1, 0.15) is 11.4 Å². The molecule has 2 nitrogen and oxygen atoms in total. The molecule has 0 unspecified atom stereocenters. The monoisotopic (exact) mass is 250 g/mol. The summed E-state index contributed by atoms with van der Waals surface area (Å²) in [5.74, 6) is 1.41. The molecule has 0 N–H and O–H groups in total. The third-order valence-electron chi connectivity index (χ3n) is 2.82. The Bertz CT molecular complexity index is 382. The summed E-state index contributed by atoms with van der Waals surface area (Å²) in [7, 11) is 0. The Balaban J connectivity index is 1.86. The van der Waals surface area contributed by atoms with Crippen molar-refractivity contribution < 1.29 is 9.53 Å². The number of ether oxygens (including phenoxy) is 1. The van der Waals surface area contributed by atoms with E-state index in [0.717, 1.165) is 17.7 Å². The average molecular weight is 250 g/mol. The Morgan fingerprint density at radius 3 is 2.59 bits per heavy atom. The Kier molecular flexibility index (Phi) is 3.77. The van der Waals surface area contributed by atoms with Crippen LogP contribution in [-0.2, 0) is 16.1 Å². The van der Waals surface area contributed by atoms with Crippen LogP contribution in [-0.4, -0.2) is 16.5 Å². The Labute approximate surface area is 107 Å². The van der Waals surface area contributed by atoms with Gasteiger partial charge < -0.3 is 4.74 Å². The second-order valence-electron chi connectivity index (χ2n) is 4.94. The molecule has 0 radical (unpaired) electrons. The van der Waals surface area contributed by atoms with Crippen molar-refractivity contribution in [3.63, 3.8) is 0 Å². The summed E-state index contributed by atoms with van der Waals surface area (Å²) in [5, 5.41) is 0. The predicted octanol–water partition coefficient (Wildman–Crippen LogP) is 3.26. The fraction of sp³-hybridized carbons (Fsp3) is 0.500. The molecule has 17 heavy (non-hydrogen) atoms. The van der Waals surface area contributed by atoms with Gasteiger partial charge in [-0.05, 0) is 17.9 Å². The summed E-state index contributed by atoms with van der Waals surface area (Å²) >= 11 is 1.71. The van der Waals surface area contributed by atoms with E-state index in [0.29, 0.717) is 12.5 Å². The van der Waals surface area contributed by atoms with E-state index >= 15 is 0 Å². The van der Waals surface area contributed by atoms with Gasteiger partial charge in [0.15, 0.2) is 0 Å². The number of hydrogen-bond donors (Lipinski definition) is 0. The SMILES string of the molecule is CC(C)C[C@]1(C(=O)OCc2ccccc2)CS1. The quantitative estimate of drug-likeness (QED) is 0.592. The molecule has 3 heteroatoms. The van der Waals surface area contributed by atoms with E-state index in [1.165, 1.54) is 0 Å². The topological polar surface area (TPSA) is 26.3 Å². The van der Waals surface area contributed by atoms with E-state index in [9.17, 15) is 4.79 Å². The first-order valence-electron chi connectivity index (χ1n) is 5.97. The van der Waals surface area contributed by atoms with Crippen molar-refractivity contribution in [2.24, 2.45) is 5.92 Å². The first-order valence-corrected chi connectivity index (χ1v) is 6.96. The zero-order valence-electron chi connectivity index (χ0n) is 10.3. The lowest BCUT2D eigenvalue weighted by Crippen LogP contribution is -2.27. The molecule has 1 aromatic rings. The average Bonchev–Trinajstić information content (AvgIpc) is 3.07. The number of rotatable bonds is 5. The molecule has 0 spiro atoms. The highest BCUT2D eigenvalue weighted by atomic mass is 32.2. The van der Waals surface area contributed by atoms with Gasteiger partial charge in [0.2, 0.25) is 0 Å². The number of thioether (sulfide) groups is 1. The van der Waals surface area contributed by atoms with Crippen molar-refractivity contribution in [2.75, 3.05) is 5.75 Å². The maximum atomic E-state index is 12.0. The lowest BCUT2D eigenvalue weighted by atomic mass is 9.99. The maximum absolute atomic E-state index is 12.0. The van der Waals surface area contributed by atoms with Gasteiger partial charge in [-0.1, -0.05) is 44.2 Å². The molecular weight excluding hydrogens is 232 g/mol. The van der Waals surface area contributed by atoms with Crippen LogP contribution in [0.5, 0.6) is 0 Å². The Hall–Kier alpha value is -0.960. The Morgan fingerprint density at radius 2 is 2.06 bits per heavy atom. The molecule has 0 amide bonds. The van der Waals surface area contributed by atoms with Gasteiger partial charge >= 0.3 is 5.97 Å². The normalized spacial score (nSPS) is 22.5. The van der Waals surface area contributed by atoms with Gasteiger partial charge in [0.25, 0.3) is 0 Å². The molecule has 1 atom stereocenters. The molecule has 92 valence electrons. The van der Waals surface area contributed by atoms with Crippen LogP contribution in [0.3, 0.4) is 0 Å². The molecule has 1 aliphatic heterocycles. The van der Waals surface area contributed by atoms with Crippen molar-refractivity contribution >= 4 is 17.7 Å². The van der Waals surface area contributed by atoms with Gasteiger partial charge in [0, 0.05) is 5.75 Å². The zero-order chi connectivity index (χ0) is 12.3. The second-order valence-corrected chi connectivity index (χ2v) is 6.30. The van der Waals surface area contributed by atoms with Crippen LogP contribution in [0.1, 0.15) is 25.8 Å². The molecule has 1 heterocycles. The van der Waals surface area contributed by atoms with Crippen LogP contribution < -0.4 is 0 Å². The number of benzene rings is 1. The summed E-state index contributed by atoms with van der Waals surface area (Å²) in [6, 6.07) is 9.82. The third kappa shape index (κ3) is 3.25. The van der Waals surface area contributed by atoms with Crippen LogP contribution in [0, 0.1) is 5.92 Å². The van der Waals surface area contributed by atoms with Crippen molar-refractivity contribution in [3.05, 3.63) is 35.9 Å². The molecule has 0 aliphatic carbocycles. The largest absolute Gasteiger partial charge is 0.460 e. The van der Waals surface area contributed by atoms with Crippen molar-refractivity contribution in [3.8, 4) is 0 Å². The van der Waals surface area contributed by atoms with Gasteiger partial charge in [-0.3, -0.25) is 4.79 Å². The van der Waals surface area contributed by atoms with E-state index in [2.05, 4.69) is 13.8 Å². The molecule has 0 saturated carbocycles. The highest BCUT2D eigenvalue weighted by Gasteiger charge is 2.52. The number of hydrogen-bond acceptors (Lipinski definition) is 3. The molecule has 2 rings (SSSR count). The van der Waals surface area contributed by atoms with E-state index in [1.54, 1.807) is 11.8 Å². The molecule has 1 fully saturated rings. The molecule has 0 aromatic heterocycles. The summed E-state index contributed by atoms with van der Waals surface area (Å²) in [6.45, 7) is 4.68. The molecule has 1 aromatic carbocycles. The fourth-order valence-electron chi connectivity index (χ4n) is 1.92. The summed E-state index contributed by atoms with van der Waals surface area (Å²) in [6.07, 6.45) is 0.922. The third-order valence-corrected chi connectivity index (χ3v) is 4.13. The van der Waals surface area contributed by atoms with Crippen LogP contribution in [0.15, 0.2) is 30.3 Å². The number of esters is 1. The minimum absolute atomic E-state index is 0.0416. The predicted molar refractivity (Wildman–Crippen MR) is 70.9 cm³/mol. The van der Waals surface area contributed by atoms with Gasteiger partial charge in [0.05, 0.1) is 0 Å². The van der Waals surface area contributed by atoms with Crippen LogP contribution in [0.2, 0.25) is 0 Å². The van der Waals surface area contributed by atoms with Crippen molar-refractivity contribution in [1.29, 1.82) is 0 Å². The van der Waals surface area contributed by atoms with E-state index in [-0.39, 0.29) is 10.7 Å². The summed E-state index contributed by atoms with van der Waals surface area (Å²) in [4.78, 5) is 12.0. The van der Waals surface area contributed by atoms with Gasteiger partial charge in [-0.2, -0.15) is 0 Å². The highest BCUT2D eigenvalue weighted by molar-refractivity contribution is 8.08. The highest BCUT2D eigenvalue weighted by Crippen LogP contribution is 2.50.